The van der Waals surface area contributed by atoms with Crippen molar-refractivity contribution >= 4 is 47.1 Å². The van der Waals surface area contributed by atoms with E-state index < -0.39 is 83.6 Å². The van der Waals surface area contributed by atoms with Crippen LogP contribution in [-0.2, 0) is 65.5 Å². The Bertz CT molecular complexity index is 1600. The minimum atomic E-state index is -1.09. The van der Waals surface area contributed by atoms with E-state index in [0.717, 1.165) is 28.2 Å². The Balaban J connectivity index is 1.66. The summed E-state index contributed by atoms with van der Waals surface area (Å²) in [4.78, 5) is 93.2. The second-order valence-corrected chi connectivity index (χ2v) is 15.4. The van der Waals surface area contributed by atoms with E-state index in [9.17, 15) is 33.6 Å². The Labute approximate surface area is 329 Å². The highest BCUT2D eigenvalue weighted by atomic mass is 16.5. The number of imide groups is 1. The zero-order valence-electron chi connectivity index (χ0n) is 34.1. The van der Waals surface area contributed by atoms with Crippen molar-refractivity contribution in [2.24, 2.45) is 11.3 Å². The molecule has 1 unspecified atom stereocenters. The minimum Gasteiger partial charge on any atom is -0.460 e. The van der Waals surface area contributed by atoms with Crippen molar-refractivity contribution in [2.75, 3.05) is 45.4 Å². The van der Waals surface area contributed by atoms with Crippen molar-refractivity contribution in [3.05, 3.63) is 41.5 Å². The van der Waals surface area contributed by atoms with Gasteiger partial charge in [-0.3, -0.25) is 38.5 Å². The highest BCUT2D eigenvalue weighted by Gasteiger charge is 2.49. The van der Waals surface area contributed by atoms with E-state index >= 15 is 0 Å². The van der Waals surface area contributed by atoms with E-state index in [2.05, 4.69) is 16.0 Å². The number of benzene rings is 1. The SMILES string of the molecule is CCOC(C)[C@@H]1C[C@H](N2C(=O)C=CC2=O)C(=O)N1CC(=O)N[C@H](C(=O)N[C@@H](C)C(=O)Nc1ccc(COC(=O)C(C)(C)C)c(CCCOCCOC)c1)C(C)C. The van der Waals surface area contributed by atoms with Crippen LogP contribution in [0.4, 0.5) is 5.69 Å². The van der Waals surface area contributed by atoms with Crippen LogP contribution in [0, 0.1) is 11.3 Å². The molecule has 56 heavy (non-hydrogen) atoms. The summed E-state index contributed by atoms with van der Waals surface area (Å²) < 4.78 is 21.9. The summed E-state index contributed by atoms with van der Waals surface area (Å²) in [6, 6.07) is 1.50. The summed E-state index contributed by atoms with van der Waals surface area (Å²) in [5.74, 6) is -4.27. The summed E-state index contributed by atoms with van der Waals surface area (Å²) in [6.07, 6.45) is 3.04. The topological polar surface area (TPSA) is 199 Å². The monoisotopic (exact) mass is 785 g/mol. The zero-order chi connectivity index (χ0) is 41.7. The molecule has 1 aromatic carbocycles. The number of anilines is 1. The average Bonchev–Trinajstić information content (AvgIpc) is 3.63. The van der Waals surface area contributed by atoms with Crippen molar-refractivity contribution in [3.63, 3.8) is 0 Å². The molecule has 16 heteroatoms. The van der Waals surface area contributed by atoms with E-state index in [0.29, 0.717) is 45.0 Å². The van der Waals surface area contributed by atoms with Gasteiger partial charge in [0.15, 0.2) is 0 Å². The van der Waals surface area contributed by atoms with Crippen LogP contribution in [0.5, 0.6) is 0 Å². The number of nitrogens with one attached hydrogen (secondary N) is 3. The van der Waals surface area contributed by atoms with E-state index in [-0.39, 0.29) is 19.0 Å². The molecule has 2 aliphatic rings. The molecular formula is C40H59N5O11. The molecule has 3 N–H and O–H groups in total. The lowest BCUT2D eigenvalue weighted by Crippen LogP contribution is -2.56. The van der Waals surface area contributed by atoms with E-state index in [1.165, 1.54) is 11.8 Å². The molecule has 0 saturated carbocycles. The fourth-order valence-electron chi connectivity index (χ4n) is 6.33. The third-order valence-corrected chi connectivity index (χ3v) is 9.50. The Morgan fingerprint density at radius 1 is 0.911 bits per heavy atom. The Morgan fingerprint density at radius 3 is 2.20 bits per heavy atom. The molecule has 0 aliphatic carbocycles. The molecule has 2 heterocycles. The van der Waals surface area contributed by atoms with Crippen LogP contribution >= 0.6 is 0 Å². The van der Waals surface area contributed by atoms with Crippen molar-refractivity contribution in [2.45, 2.75) is 112 Å². The van der Waals surface area contributed by atoms with Crippen LogP contribution < -0.4 is 16.0 Å². The number of ether oxygens (including phenoxy) is 4. The predicted octanol–water partition coefficient (Wildman–Crippen LogP) is 2.28. The molecule has 0 radical (unpaired) electrons. The molecule has 1 aromatic rings. The maximum absolute atomic E-state index is 13.6. The van der Waals surface area contributed by atoms with Crippen molar-refractivity contribution in [1.29, 1.82) is 0 Å². The van der Waals surface area contributed by atoms with Gasteiger partial charge in [0, 0.05) is 44.6 Å². The summed E-state index contributed by atoms with van der Waals surface area (Å²) in [6.45, 7) is 15.2. The molecular weight excluding hydrogens is 726 g/mol. The molecule has 310 valence electrons. The molecule has 0 aromatic heterocycles. The standard InChI is InChI=1S/C40H59N5O11/c1-10-55-26(5)30-21-31(45-33(47)15-16-34(45)48)38(51)44(30)22-32(46)43-35(24(2)3)37(50)41-25(4)36(49)42-29-14-13-28(23-56-39(52)40(6,7)8)27(20-29)12-11-17-54-19-18-53-9/h13-16,20,24-26,30-31,35H,10-12,17-19,21-23H2,1-9H3,(H,41,50)(H,42,49)(H,43,46)/t25-,26?,30-,31-,35-/m0/s1. The average molecular weight is 786 g/mol. The molecule has 1 saturated heterocycles. The van der Waals surface area contributed by atoms with Gasteiger partial charge in [-0.1, -0.05) is 19.9 Å². The summed E-state index contributed by atoms with van der Waals surface area (Å²) >= 11 is 0. The second-order valence-electron chi connectivity index (χ2n) is 15.4. The van der Waals surface area contributed by atoms with Crippen LogP contribution in [0.3, 0.4) is 0 Å². The van der Waals surface area contributed by atoms with Crippen molar-refractivity contribution in [1.82, 2.24) is 20.4 Å². The number of hydrogen-bond donors (Lipinski definition) is 3. The van der Waals surface area contributed by atoms with Gasteiger partial charge >= 0.3 is 5.97 Å². The third-order valence-electron chi connectivity index (χ3n) is 9.50. The normalized spacial score (nSPS) is 18.6. The van der Waals surface area contributed by atoms with Gasteiger partial charge in [0.25, 0.3) is 11.8 Å². The second kappa shape index (κ2) is 21.0. The van der Waals surface area contributed by atoms with Crippen molar-refractivity contribution < 1.29 is 52.5 Å². The Kier molecular flexibility index (Phi) is 17.2. The third kappa shape index (κ3) is 12.7. The molecule has 1 fully saturated rings. The molecule has 2 aliphatic heterocycles. The fourth-order valence-corrected chi connectivity index (χ4v) is 6.33. The first-order valence-electron chi connectivity index (χ1n) is 19.1. The number of carbonyl (C=O) groups is 7. The maximum Gasteiger partial charge on any atom is 0.311 e. The van der Waals surface area contributed by atoms with E-state index in [4.69, 9.17) is 18.9 Å². The first-order valence-corrected chi connectivity index (χ1v) is 19.1. The van der Waals surface area contributed by atoms with Crippen LogP contribution in [-0.4, -0.2) is 122 Å². The smallest absolute Gasteiger partial charge is 0.311 e. The van der Waals surface area contributed by atoms with Gasteiger partial charge in [-0.2, -0.15) is 0 Å². The minimum absolute atomic E-state index is 0.0624. The number of esters is 1. The molecule has 0 bridgehead atoms. The number of methoxy groups -OCH3 is 1. The quantitative estimate of drug-likeness (QED) is 0.0939. The van der Waals surface area contributed by atoms with Gasteiger partial charge in [0.1, 0.15) is 31.3 Å². The summed E-state index contributed by atoms with van der Waals surface area (Å²) in [5, 5.41) is 8.21. The number of likely N-dealkylation sites (tertiary alicyclic amines) is 1. The lowest BCUT2D eigenvalue weighted by molar-refractivity contribution is -0.154. The lowest BCUT2D eigenvalue weighted by Gasteiger charge is -2.30. The van der Waals surface area contributed by atoms with Gasteiger partial charge in [-0.05, 0) is 83.6 Å². The number of amides is 6. The largest absolute Gasteiger partial charge is 0.460 e. The van der Waals surface area contributed by atoms with Crippen molar-refractivity contribution in [3.8, 4) is 0 Å². The Hall–Kier alpha value is -4.67. The van der Waals surface area contributed by atoms with Gasteiger partial charge in [-0.25, -0.2) is 0 Å². The molecule has 0 spiro atoms. The number of nitrogens with zero attached hydrogens (tertiary/aromatic N) is 2. The highest BCUT2D eigenvalue weighted by Crippen LogP contribution is 2.29. The van der Waals surface area contributed by atoms with Crippen LogP contribution in [0.1, 0.15) is 79.4 Å². The molecule has 6 amide bonds. The summed E-state index contributed by atoms with van der Waals surface area (Å²) in [5.41, 5.74) is 1.45. The summed E-state index contributed by atoms with van der Waals surface area (Å²) in [7, 11) is 1.60. The first kappa shape index (κ1) is 45.7. The van der Waals surface area contributed by atoms with Gasteiger partial charge < -0.3 is 39.8 Å². The molecule has 16 nitrogen and oxygen atoms in total. The fraction of sp³-hybridized carbons (Fsp3) is 0.625. The number of hydrogen-bond acceptors (Lipinski definition) is 11. The highest BCUT2D eigenvalue weighted by molar-refractivity contribution is 6.15. The van der Waals surface area contributed by atoms with E-state index in [1.54, 1.807) is 73.8 Å². The van der Waals surface area contributed by atoms with Gasteiger partial charge in [0.05, 0.1) is 30.8 Å². The lowest BCUT2D eigenvalue weighted by atomic mass is 9.97. The van der Waals surface area contributed by atoms with Crippen LogP contribution in [0.25, 0.3) is 0 Å². The zero-order valence-corrected chi connectivity index (χ0v) is 34.1. The van der Waals surface area contributed by atoms with Gasteiger partial charge in [0.2, 0.25) is 23.6 Å². The number of aryl methyl sites for hydroxylation is 1. The number of rotatable bonds is 21. The van der Waals surface area contributed by atoms with E-state index in [1.807, 2.05) is 0 Å². The molecule has 3 rings (SSSR count). The molecule has 5 atom stereocenters. The van der Waals surface area contributed by atoms with Gasteiger partial charge in [-0.15, -0.1) is 0 Å². The van der Waals surface area contributed by atoms with Crippen LogP contribution in [0.2, 0.25) is 0 Å². The number of carbonyl (C=O) groups excluding carboxylic acids is 7. The predicted molar refractivity (Wildman–Crippen MR) is 206 cm³/mol. The Morgan fingerprint density at radius 2 is 1.59 bits per heavy atom. The first-order chi connectivity index (χ1) is 26.4. The van der Waals surface area contributed by atoms with Crippen LogP contribution in [0.15, 0.2) is 30.4 Å². The maximum atomic E-state index is 13.6.